The highest BCUT2D eigenvalue weighted by molar-refractivity contribution is 5.82. The van der Waals surface area contributed by atoms with Crippen LogP contribution < -0.4 is 10.6 Å². The van der Waals surface area contributed by atoms with E-state index in [0.29, 0.717) is 12.3 Å². The number of carbonyl (C=O) groups excluding carboxylic acids is 2. The van der Waals surface area contributed by atoms with Crippen LogP contribution in [0.25, 0.3) is 0 Å². The first-order valence-corrected chi connectivity index (χ1v) is 6.37. The Morgan fingerprint density at radius 2 is 2.29 bits per heavy atom. The van der Waals surface area contributed by atoms with Crippen molar-refractivity contribution < 1.29 is 9.59 Å². The molecule has 3 unspecified atom stereocenters. The Kier molecular flexibility index (Phi) is 3.66. The van der Waals surface area contributed by atoms with Crippen molar-refractivity contribution in [1.29, 1.82) is 0 Å². The zero-order chi connectivity index (χ0) is 12.4. The van der Waals surface area contributed by atoms with Gasteiger partial charge in [-0.25, -0.2) is 0 Å². The third-order valence-corrected chi connectivity index (χ3v) is 3.94. The first-order valence-electron chi connectivity index (χ1n) is 6.37. The van der Waals surface area contributed by atoms with E-state index >= 15 is 0 Å². The quantitative estimate of drug-likeness (QED) is 0.697. The number of likely N-dealkylation sites (tertiary alicyclic amines) is 1. The van der Waals surface area contributed by atoms with Gasteiger partial charge in [0.1, 0.15) is 0 Å². The summed E-state index contributed by atoms with van der Waals surface area (Å²) in [6.07, 6.45) is 2.40. The number of carbonyl (C=O) groups is 2. The van der Waals surface area contributed by atoms with Gasteiger partial charge < -0.3 is 15.5 Å². The second-order valence-electron chi connectivity index (χ2n) is 5.06. The minimum absolute atomic E-state index is 0.121. The molecule has 5 nitrogen and oxygen atoms in total. The van der Waals surface area contributed by atoms with Gasteiger partial charge in [0.05, 0.1) is 6.04 Å². The van der Waals surface area contributed by atoms with Gasteiger partial charge in [0.15, 0.2) is 0 Å². The van der Waals surface area contributed by atoms with Crippen LogP contribution in [0.5, 0.6) is 0 Å². The largest absolute Gasteiger partial charge is 0.353 e. The van der Waals surface area contributed by atoms with Crippen LogP contribution in [0, 0.1) is 5.92 Å². The van der Waals surface area contributed by atoms with Crippen molar-refractivity contribution in [3.63, 3.8) is 0 Å². The zero-order valence-corrected chi connectivity index (χ0v) is 10.5. The minimum atomic E-state index is -0.121. The zero-order valence-electron chi connectivity index (χ0n) is 10.5. The summed E-state index contributed by atoms with van der Waals surface area (Å²) in [5.74, 6) is 0.770. The minimum Gasteiger partial charge on any atom is -0.353 e. The molecule has 17 heavy (non-hydrogen) atoms. The lowest BCUT2D eigenvalue weighted by Gasteiger charge is -2.42. The van der Waals surface area contributed by atoms with Gasteiger partial charge in [-0.3, -0.25) is 9.59 Å². The smallest absolute Gasteiger partial charge is 0.239 e. The maximum atomic E-state index is 12.0. The van der Waals surface area contributed by atoms with Gasteiger partial charge in [-0.15, -0.1) is 0 Å². The van der Waals surface area contributed by atoms with Gasteiger partial charge in [0.2, 0.25) is 11.8 Å². The molecule has 2 rings (SSSR count). The Morgan fingerprint density at radius 1 is 1.53 bits per heavy atom. The highest BCUT2D eigenvalue weighted by Crippen LogP contribution is 2.25. The summed E-state index contributed by atoms with van der Waals surface area (Å²) in [5.41, 5.74) is 0. The van der Waals surface area contributed by atoms with Crippen LogP contribution in [0.4, 0.5) is 0 Å². The van der Waals surface area contributed by atoms with Crippen molar-refractivity contribution in [2.75, 3.05) is 20.1 Å². The molecule has 5 heteroatoms. The monoisotopic (exact) mass is 239 g/mol. The van der Waals surface area contributed by atoms with E-state index in [1.165, 1.54) is 0 Å². The summed E-state index contributed by atoms with van der Waals surface area (Å²) < 4.78 is 0. The average Bonchev–Trinajstić information content (AvgIpc) is 2.36. The van der Waals surface area contributed by atoms with Crippen molar-refractivity contribution in [2.45, 2.75) is 38.3 Å². The lowest BCUT2D eigenvalue weighted by Crippen LogP contribution is -2.57. The molecule has 0 spiro atoms. The van der Waals surface area contributed by atoms with Crippen LogP contribution in [0.15, 0.2) is 0 Å². The van der Waals surface area contributed by atoms with Crippen molar-refractivity contribution in [2.24, 2.45) is 5.92 Å². The summed E-state index contributed by atoms with van der Waals surface area (Å²) in [6.45, 7) is 3.43. The lowest BCUT2D eigenvalue weighted by molar-refractivity contribution is -0.136. The third kappa shape index (κ3) is 2.60. The van der Waals surface area contributed by atoms with Gasteiger partial charge in [-0.1, -0.05) is 0 Å². The van der Waals surface area contributed by atoms with E-state index in [2.05, 4.69) is 10.6 Å². The van der Waals surface area contributed by atoms with Gasteiger partial charge in [-0.05, 0) is 32.7 Å². The van der Waals surface area contributed by atoms with Crippen molar-refractivity contribution in [1.82, 2.24) is 15.5 Å². The molecule has 0 aromatic rings. The highest BCUT2D eigenvalue weighted by Gasteiger charge is 2.35. The maximum Gasteiger partial charge on any atom is 0.239 e. The Hall–Kier alpha value is -1.10. The molecule has 2 heterocycles. The number of likely N-dealkylation sites (N-methyl/N-ethyl adjacent to an activating group) is 1. The number of nitrogens with one attached hydrogen (secondary N) is 2. The molecule has 0 aliphatic carbocycles. The van der Waals surface area contributed by atoms with Crippen LogP contribution >= 0.6 is 0 Å². The summed E-state index contributed by atoms with van der Waals surface area (Å²) in [7, 11) is 1.80. The normalized spacial score (nSPS) is 30.5. The first kappa shape index (κ1) is 12.4. The Bertz CT molecular complexity index is 319. The molecule has 2 N–H and O–H groups in total. The molecule has 2 amide bonds. The molecule has 0 aromatic carbocycles. The summed E-state index contributed by atoms with van der Waals surface area (Å²) >= 11 is 0. The molecule has 0 saturated carbocycles. The number of rotatable bonds is 2. The fraction of sp³-hybridized carbons (Fsp3) is 0.833. The molecular formula is C12H21N3O2. The molecule has 3 atom stereocenters. The Labute approximate surface area is 102 Å². The fourth-order valence-electron chi connectivity index (χ4n) is 2.71. The average molecular weight is 239 g/mol. The van der Waals surface area contributed by atoms with Crippen LogP contribution in [-0.4, -0.2) is 48.9 Å². The molecular weight excluding hydrogens is 218 g/mol. The van der Waals surface area contributed by atoms with E-state index in [9.17, 15) is 9.59 Å². The van der Waals surface area contributed by atoms with Crippen molar-refractivity contribution >= 4 is 11.8 Å². The number of fused-ring (bicyclic) bond motifs is 1. The molecule has 2 aliphatic heterocycles. The second-order valence-corrected chi connectivity index (χ2v) is 5.06. The van der Waals surface area contributed by atoms with Gasteiger partial charge in [0, 0.05) is 25.6 Å². The van der Waals surface area contributed by atoms with Gasteiger partial charge >= 0.3 is 0 Å². The fourth-order valence-corrected chi connectivity index (χ4v) is 2.71. The highest BCUT2D eigenvalue weighted by atomic mass is 16.2. The summed E-state index contributed by atoms with van der Waals surface area (Å²) in [6, 6.07) is 0.162. The van der Waals surface area contributed by atoms with E-state index in [0.717, 1.165) is 25.9 Å². The van der Waals surface area contributed by atoms with E-state index in [4.69, 9.17) is 0 Å². The molecule has 2 aliphatic rings. The Balaban J connectivity index is 1.94. The van der Waals surface area contributed by atoms with E-state index < -0.39 is 0 Å². The maximum absolute atomic E-state index is 12.0. The van der Waals surface area contributed by atoms with E-state index in [1.54, 1.807) is 7.05 Å². The predicted octanol–water partition coefficient (Wildman–Crippen LogP) is -0.279. The number of piperidine rings is 2. The molecule has 0 bridgehead atoms. The first-order chi connectivity index (χ1) is 8.11. The molecule has 0 radical (unpaired) electrons. The van der Waals surface area contributed by atoms with Crippen LogP contribution in [0.1, 0.15) is 26.2 Å². The third-order valence-electron chi connectivity index (χ3n) is 3.94. The predicted molar refractivity (Wildman–Crippen MR) is 64.4 cm³/mol. The number of hydrogen-bond acceptors (Lipinski definition) is 3. The van der Waals surface area contributed by atoms with Crippen LogP contribution in [-0.2, 0) is 9.59 Å². The molecule has 96 valence electrons. The summed E-state index contributed by atoms with van der Waals surface area (Å²) in [5, 5.41) is 6.01. The lowest BCUT2D eigenvalue weighted by atomic mass is 9.85. The number of nitrogens with zero attached hydrogens (tertiary/aromatic N) is 1. The van der Waals surface area contributed by atoms with Crippen molar-refractivity contribution in [3.8, 4) is 0 Å². The molecule has 2 fully saturated rings. The van der Waals surface area contributed by atoms with Crippen LogP contribution in [0.3, 0.4) is 0 Å². The Morgan fingerprint density at radius 3 is 3.00 bits per heavy atom. The van der Waals surface area contributed by atoms with Crippen molar-refractivity contribution in [3.05, 3.63) is 0 Å². The van der Waals surface area contributed by atoms with Gasteiger partial charge in [-0.2, -0.15) is 0 Å². The van der Waals surface area contributed by atoms with E-state index in [1.807, 2.05) is 11.8 Å². The second kappa shape index (κ2) is 5.04. The number of amides is 2. The standard InChI is InChI=1S/C12H21N3O2/c1-8(13-2)12(17)15-6-5-10-9(7-15)3-4-11(16)14-10/h8-10,13H,3-7H2,1-2H3,(H,14,16). The number of hydrogen-bond donors (Lipinski definition) is 2. The topological polar surface area (TPSA) is 61.4 Å². The summed E-state index contributed by atoms with van der Waals surface area (Å²) in [4.78, 5) is 25.3. The van der Waals surface area contributed by atoms with Gasteiger partial charge in [0.25, 0.3) is 0 Å². The molecule has 0 aromatic heterocycles. The van der Waals surface area contributed by atoms with Crippen LogP contribution in [0.2, 0.25) is 0 Å². The SMILES string of the molecule is CNC(C)C(=O)N1CCC2NC(=O)CCC2C1. The van der Waals surface area contributed by atoms with E-state index in [-0.39, 0.29) is 23.9 Å². The molecule has 2 saturated heterocycles.